The molecule has 1 aliphatic rings. The minimum absolute atomic E-state index is 0.217. The lowest BCUT2D eigenvalue weighted by atomic mass is 10.1. The van der Waals surface area contributed by atoms with Gasteiger partial charge in [-0.25, -0.2) is 4.79 Å². The van der Waals surface area contributed by atoms with Crippen molar-refractivity contribution in [2.24, 2.45) is 0 Å². The van der Waals surface area contributed by atoms with Crippen LogP contribution in [0.2, 0.25) is 0 Å². The minimum atomic E-state index is -0.610. The van der Waals surface area contributed by atoms with Crippen molar-refractivity contribution >= 4 is 17.7 Å². The number of carbonyl (C=O) groups is 2. The van der Waals surface area contributed by atoms with Gasteiger partial charge in [-0.2, -0.15) is 0 Å². The molecule has 3 rings (SSSR count). The van der Waals surface area contributed by atoms with Gasteiger partial charge < -0.3 is 10.1 Å². The SMILES string of the molecule is CC(C)(C)OC(=O)N1C(C(=O)Nc2ccccc2)C1c1ccccc1. The topological polar surface area (TPSA) is 58.4 Å². The lowest BCUT2D eigenvalue weighted by Gasteiger charge is -2.20. The summed E-state index contributed by atoms with van der Waals surface area (Å²) in [4.78, 5) is 26.7. The predicted octanol–water partition coefficient (Wildman–Crippen LogP) is 3.99. The Morgan fingerprint density at radius 3 is 2.08 bits per heavy atom. The molecule has 1 fully saturated rings. The molecule has 0 bridgehead atoms. The molecular formula is C20H22N2O3. The molecule has 130 valence electrons. The van der Waals surface area contributed by atoms with Crippen molar-refractivity contribution in [2.75, 3.05) is 5.32 Å². The van der Waals surface area contributed by atoms with Crippen LogP contribution in [0.1, 0.15) is 32.4 Å². The van der Waals surface area contributed by atoms with Gasteiger partial charge in [-0.3, -0.25) is 9.69 Å². The lowest BCUT2D eigenvalue weighted by Crippen LogP contribution is -2.30. The van der Waals surface area contributed by atoms with Crippen molar-refractivity contribution in [3.05, 3.63) is 66.2 Å². The number of para-hydroxylation sites is 1. The molecule has 25 heavy (non-hydrogen) atoms. The van der Waals surface area contributed by atoms with Crippen LogP contribution < -0.4 is 5.32 Å². The van der Waals surface area contributed by atoms with Crippen LogP contribution in [-0.2, 0) is 9.53 Å². The second-order valence-corrected chi connectivity index (χ2v) is 7.04. The normalized spacial score (nSPS) is 19.2. The summed E-state index contributed by atoms with van der Waals surface area (Å²) in [6, 6.07) is 17.9. The molecule has 0 aliphatic carbocycles. The van der Waals surface area contributed by atoms with Gasteiger partial charge in [0.2, 0.25) is 5.91 Å². The highest BCUT2D eigenvalue weighted by Gasteiger charge is 2.57. The number of nitrogens with zero attached hydrogens (tertiary/aromatic N) is 1. The first-order chi connectivity index (χ1) is 11.9. The fourth-order valence-corrected chi connectivity index (χ4v) is 2.77. The van der Waals surface area contributed by atoms with E-state index in [0.717, 1.165) is 5.56 Å². The number of anilines is 1. The molecule has 0 saturated carbocycles. The van der Waals surface area contributed by atoms with Crippen molar-refractivity contribution in [1.29, 1.82) is 0 Å². The summed E-state index contributed by atoms with van der Waals surface area (Å²) >= 11 is 0. The third-order valence-electron chi connectivity index (χ3n) is 3.86. The van der Waals surface area contributed by atoms with Crippen LogP contribution >= 0.6 is 0 Å². The maximum Gasteiger partial charge on any atom is 0.411 e. The standard InChI is InChI=1S/C20H22N2O3/c1-20(2,3)25-19(24)22-16(14-10-6-4-7-11-14)17(22)18(23)21-15-12-8-5-9-13-15/h4-13,16-17H,1-3H3,(H,21,23). The van der Waals surface area contributed by atoms with Crippen LogP contribution in [0.5, 0.6) is 0 Å². The molecule has 2 unspecified atom stereocenters. The monoisotopic (exact) mass is 338 g/mol. The molecule has 1 heterocycles. The van der Waals surface area contributed by atoms with E-state index in [1.807, 2.05) is 81.4 Å². The molecule has 0 spiro atoms. The second kappa shape index (κ2) is 6.59. The van der Waals surface area contributed by atoms with E-state index in [0.29, 0.717) is 5.69 Å². The smallest absolute Gasteiger partial charge is 0.411 e. The first kappa shape index (κ1) is 17.0. The van der Waals surface area contributed by atoms with E-state index in [4.69, 9.17) is 4.74 Å². The van der Waals surface area contributed by atoms with Crippen LogP contribution in [0.25, 0.3) is 0 Å². The zero-order valence-corrected chi connectivity index (χ0v) is 14.6. The van der Waals surface area contributed by atoms with Crippen molar-refractivity contribution in [1.82, 2.24) is 4.90 Å². The van der Waals surface area contributed by atoms with Crippen molar-refractivity contribution < 1.29 is 14.3 Å². The molecular weight excluding hydrogens is 316 g/mol. The number of ether oxygens (including phenoxy) is 1. The van der Waals surface area contributed by atoms with E-state index in [-0.39, 0.29) is 11.9 Å². The third-order valence-corrected chi connectivity index (χ3v) is 3.86. The summed E-state index contributed by atoms with van der Waals surface area (Å²) in [6.45, 7) is 5.43. The summed E-state index contributed by atoms with van der Waals surface area (Å²) in [7, 11) is 0. The Balaban J connectivity index is 1.79. The number of rotatable bonds is 3. The van der Waals surface area contributed by atoms with E-state index in [9.17, 15) is 9.59 Å². The molecule has 2 amide bonds. The van der Waals surface area contributed by atoms with Gasteiger partial charge in [-0.1, -0.05) is 48.5 Å². The molecule has 2 aromatic rings. The number of carbonyl (C=O) groups excluding carboxylic acids is 2. The number of nitrogens with one attached hydrogen (secondary N) is 1. The number of amides is 2. The minimum Gasteiger partial charge on any atom is -0.444 e. The van der Waals surface area contributed by atoms with Gasteiger partial charge in [0.15, 0.2) is 0 Å². The number of hydrogen-bond acceptors (Lipinski definition) is 3. The van der Waals surface area contributed by atoms with Crippen molar-refractivity contribution in [3.63, 3.8) is 0 Å². The zero-order chi connectivity index (χ0) is 18.0. The van der Waals surface area contributed by atoms with E-state index < -0.39 is 17.7 Å². The summed E-state index contributed by atoms with van der Waals surface area (Å²) < 4.78 is 5.45. The summed E-state index contributed by atoms with van der Waals surface area (Å²) in [6.07, 6.45) is -0.477. The Morgan fingerprint density at radius 2 is 1.52 bits per heavy atom. The van der Waals surface area contributed by atoms with Crippen molar-refractivity contribution in [2.45, 2.75) is 38.5 Å². The average molecular weight is 338 g/mol. The third kappa shape index (κ3) is 3.99. The molecule has 1 N–H and O–H groups in total. The molecule has 5 heteroatoms. The van der Waals surface area contributed by atoms with Crippen LogP contribution in [0.4, 0.5) is 10.5 Å². The molecule has 2 atom stereocenters. The van der Waals surface area contributed by atoms with Gasteiger partial charge in [0.1, 0.15) is 11.6 Å². The van der Waals surface area contributed by atoms with Gasteiger partial charge >= 0.3 is 6.09 Å². The Morgan fingerprint density at radius 1 is 0.960 bits per heavy atom. The Bertz CT molecular complexity index is 754. The maximum absolute atomic E-state index is 12.7. The molecule has 1 aliphatic heterocycles. The van der Waals surface area contributed by atoms with E-state index >= 15 is 0 Å². The fraction of sp³-hybridized carbons (Fsp3) is 0.300. The maximum atomic E-state index is 12.7. The Hall–Kier alpha value is -2.82. The fourth-order valence-electron chi connectivity index (χ4n) is 2.77. The molecule has 0 aromatic heterocycles. The highest BCUT2D eigenvalue weighted by Crippen LogP contribution is 2.44. The lowest BCUT2D eigenvalue weighted by molar-refractivity contribution is -0.116. The Labute approximate surface area is 147 Å². The van der Waals surface area contributed by atoms with Crippen LogP contribution in [0, 0.1) is 0 Å². The van der Waals surface area contributed by atoms with E-state index in [1.54, 1.807) is 0 Å². The van der Waals surface area contributed by atoms with E-state index in [1.165, 1.54) is 4.90 Å². The predicted molar refractivity (Wildman–Crippen MR) is 96.1 cm³/mol. The first-order valence-electron chi connectivity index (χ1n) is 8.29. The second-order valence-electron chi connectivity index (χ2n) is 7.04. The highest BCUT2D eigenvalue weighted by atomic mass is 16.6. The molecule has 0 radical (unpaired) electrons. The van der Waals surface area contributed by atoms with Crippen molar-refractivity contribution in [3.8, 4) is 0 Å². The van der Waals surface area contributed by atoms with E-state index in [2.05, 4.69) is 5.32 Å². The van der Waals surface area contributed by atoms with Gasteiger partial charge in [0, 0.05) is 5.69 Å². The Kier molecular flexibility index (Phi) is 4.49. The van der Waals surface area contributed by atoms with Crippen LogP contribution in [-0.4, -0.2) is 28.5 Å². The summed E-state index contributed by atoms with van der Waals surface area (Å²) in [5.41, 5.74) is 1.01. The van der Waals surface area contributed by atoms with Crippen LogP contribution in [0.15, 0.2) is 60.7 Å². The summed E-state index contributed by atoms with van der Waals surface area (Å²) in [5, 5.41) is 2.86. The highest BCUT2D eigenvalue weighted by molar-refractivity contribution is 6.00. The molecule has 1 saturated heterocycles. The largest absolute Gasteiger partial charge is 0.444 e. The van der Waals surface area contributed by atoms with Gasteiger partial charge in [-0.15, -0.1) is 0 Å². The van der Waals surface area contributed by atoms with Gasteiger partial charge in [0.05, 0.1) is 6.04 Å². The number of benzene rings is 2. The average Bonchev–Trinajstić information content (AvgIpc) is 3.31. The first-order valence-corrected chi connectivity index (χ1v) is 8.29. The molecule has 5 nitrogen and oxygen atoms in total. The summed E-state index contributed by atoms with van der Waals surface area (Å²) in [5.74, 6) is -0.217. The molecule has 2 aromatic carbocycles. The van der Waals surface area contributed by atoms with Gasteiger partial charge in [-0.05, 0) is 38.5 Å². The quantitative estimate of drug-likeness (QED) is 0.861. The van der Waals surface area contributed by atoms with Crippen LogP contribution in [0.3, 0.4) is 0 Å². The van der Waals surface area contributed by atoms with Gasteiger partial charge in [0.25, 0.3) is 0 Å². The zero-order valence-electron chi connectivity index (χ0n) is 14.6. The number of hydrogen-bond donors (Lipinski definition) is 1.